The number of nitrogens with zero attached hydrogens (tertiary/aromatic N) is 1. The van der Waals surface area contributed by atoms with Gasteiger partial charge in [-0.25, -0.2) is 4.99 Å². The van der Waals surface area contributed by atoms with E-state index in [2.05, 4.69) is 205 Å². The monoisotopic (exact) mass is 760 g/mol. The number of para-hydroxylation sites is 2. The van der Waals surface area contributed by atoms with Gasteiger partial charge in [0.05, 0.1) is 5.41 Å². The van der Waals surface area contributed by atoms with Crippen molar-refractivity contribution in [3.8, 4) is 44.9 Å². The first-order valence-electron chi connectivity index (χ1n) is 20.1. The second-order valence-electron chi connectivity index (χ2n) is 15.6. The standard InChI is InChI=1S/C53H38N3OSi/c1-58-46-30-15-9-22-38(46)48-39(52-55-50(33-17-4-2-5-18-33)54-51(56-52)34-19-6-3-7-20-34)32-31-36(49(48)58)35-23-16-27-43-47(35)37-21-8-10-24-40(37)53(43)41-25-11-13-28-44(41)57-45-29-14-12-26-42(45)53/h2-32,50,52,55H,1H3,(H,54,56). The fraction of sp³-hybridized carbons (Fsp3) is 0.0755. The van der Waals surface area contributed by atoms with E-state index in [-0.39, 0.29) is 12.3 Å². The Morgan fingerprint density at radius 2 is 1.12 bits per heavy atom. The van der Waals surface area contributed by atoms with Crippen LogP contribution in [0.25, 0.3) is 33.4 Å². The minimum atomic E-state index is -1.17. The Hall–Kier alpha value is -6.79. The molecule has 1 spiro atoms. The van der Waals surface area contributed by atoms with Crippen LogP contribution in [0.5, 0.6) is 11.5 Å². The first-order chi connectivity index (χ1) is 28.7. The number of nitrogens with one attached hydrogen (secondary N) is 2. The molecule has 1 radical (unpaired) electrons. The van der Waals surface area contributed by atoms with Crippen molar-refractivity contribution in [2.45, 2.75) is 24.3 Å². The topological polar surface area (TPSA) is 45.7 Å². The van der Waals surface area contributed by atoms with E-state index in [1.165, 1.54) is 71.6 Å². The molecule has 2 atom stereocenters. The van der Waals surface area contributed by atoms with Crippen molar-refractivity contribution in [1.82, 2.24) is 10.6 Å². The lowest BCUT2D eigenvalue weighted by Crippen LogP contribution is -2.45. The minimum Gasteiger partial charge on any atom is -0.457 e. The number of benzene rings is 8. The molecule has 2 unspecified atom stereocenters. The maximum atomic E-state index is 6.65. The second kappa shape index (κ2) is 12.9. The van der Waals surface area contributed by atoms with Crippen molar-refractivity contribution in [2.75, 3.05) is 0 Å². The van der Waals surface area contributed by atoms with Gasteiger partial charge in [-0.1, -0.05) is 182 Å². The highest BCUT2D eigenvalue weighted by atomic mass is 28.3. The summed E-state index contributed by atoms with van der Waals surface area (Å²) in [5.41, 5.74) is 15.8. The highest BCUT2D eigenvalue weighted by Gasteiger charge is 2.51. The first kappa shape index (κ1) is 33.4. The highest BCUT2D eigenvalue weighted by Crippen LogP contribution is 2.63. The van der Waals surface area contributed by atoms with Crippen LogP contribution in [-0.4, -0.2) is 14.6 Å². The lowest BCUT2D eigenvalue weighted by molar-refractivity contribution is 0.410. The maximum Gasteiger partial charge on any atom is 0.132 e. The van der Waals surface area contributed by atoms with E-state index in [0.717, 1.165) is 28.5 Å². The summed E-state index contributed by atoms with van der Waals surface area (Å²) in [6, 6.07) is 68.3. The van der Waals surface area contributed by atoms with Gasteiger partial charge < -0.3 is 10.1 Å². The van der Waals surface area contributed by atoms with Crippen molar-refractivity contribution in [1.29, 1.82) is 0 Å². The molecule has 12 rings (SSSR count). The van der Waals surface area contributed by atoms with Gasteiger partial charge in [-0.3, -0.25) is 5.32 Å². The van der Waals surface area contributed by atoms with Gasteiger partial charge in [-0.05, 0) is 78.1 Å². The van der Waals surface area contributed by atoms with Gasteiger partial charge in [0.15, 0.2) is 0 Å². The minimum absolute atomic E-state index is 0.178. The van der Waals surface area contributed by atoms with Gasteiger partial charge in [0.1, 0.15) is 38.5 Å². The highest BCUT2D eigenvalue weighted by molar-refractivity contribution is 6.89. The van der Waals surface area contributed by atoms with Gasteiger partial charge in [-0.2, -0.15) is 0 Å². The molecule has 275 valence electrons. The van der Waals surface area contributed by atoms with E-state index in [4.69, 9.17) is 9.73 Å². The van der Waals surface area contributed by atoms with Crippen LogP contribution in [0, 0.1) is 0 Å². The summed E-state index contributed by atoms with van der Waals surface area (Å²) in [6.45, 7) is 2.48. The number of fused-ring (bicyclic) bond motifs is 12. The number of hydrogen-bond acceptors (Lipinski definition) is 4. The van der Waals surface area contributed by atoms with Crippen LogP contribution < -0.4 is 25.7 Å². The maximum absolute atomic E-state index is 6.65. The molecule has 0 amide bonds. The number of aliphatic imine (C=N–C) groups is 1. The Bertz CT molecular complexity index is 2930. The summed E-state index contributed by atoms with van der Waals surface area (Å²) >= 11 is 0. The van der Waals surface area contributed by atoms with Crippen molar-refractivity contribution in [2.24, 2.45) is 4.99 Å². The summed E-state index contributed by atoms with van der Waals surface area (Å²) in [5.74, 6) is 2.71. The molecule has 0 fully saturated rings. The molecule has 3 aliphatic heterocycles. The quantitative estimate of drug-likeness (QED) is 0.176. The molecular formula is C53H38N3OSi. The molecule has 0 saturated carbocycles. The van der Waals surface area contributed by atoms with Crippen molar-refractivity contribution < 1.29 is 4.74 Å². The number of rotatable bonds is 4. The van der Waals surface area contributed by atoms with Gasteiger partial charge in [0.2, 0.25) is 0 Å². The van der Waals surface area contributed by atoms with Crippen molar-refractivity contribution in [3.05, 3.63) is 227 Å². The fourth-order valence-electron chi connectivity index (χ4n) is 10.3. The van der Waals surface area contributed by atoms with E-state index in [9.17, 15) is 0 Å². The summed E-state index contributed by atoms with van der Waals surface area (Å²) in [4.78, 5) is 5.24. The van der Waals surface area contributed by atoms with Crippen LogP contribution in [0.2, 0.25) is 6.55 Å². The average molecular weight is 761 g/mol. The Labute approximate surface area is 340 Å². The van der Waals surface area contributed by atoms with Crippen LogP contribution in [0.1, 0.15) is 51.3 Å². The average Bonchev–Trinajstić information content (AvgIpc) is 3.76. The third-order valence-corrected chi connectivity index (χ3v) is 15.2. The van der Waals surface area contributed by atoms with Gasteiger partial charge >= 0.3 is 0 Å². The number of ether oxygens (including phenoxy) is 1. The summed E-state index contributed by atoms with van der Waals surface area (Å²) in [6.07, 6.45) is -0.390. The Balaban J connectivity index is 1.09. The zero-order chi connectivity index (χ0) is 38.4. The molecule has 0 saturated heterocycles. The van der Waals surface area contributed by atoms with Crippen LogP contribution in [0.3, 0.4) is 0 Å². The molecule has 3 heterocycles. The zero-order valence-electron chi connectivity index (χ0n) is 31.9. The Morgan fingerprint density at radius 3 is 1.88 bits per heavy atom. The molecule has 4 nitrogen and oxygen atoms in total. The van der Waals surface area contributed by atoms with Gasteiger partial charge in [0, 0.05) is 16.7 Å². The predicted octanol–water partition coefficient (Wildman–Crippen LogP) is 10.4. The zero-order valence-corrected chi connectivity index (χ0v) is 32.9. The molecule has 8 aromatic rings. The summed E-state index contributed by atoms with van der Waals surface area (Å²) in [5, 5.41) is 10.7. The molecule has 8 aromatic carbocycles. The molecule has 0 bridgehead atoms. The summed E-state index contributed by atoms with van der Waals surface area (Å²) in [7, 11) is -1.17. The van der Waals surface area contributed by atoms with E-state index < -0.39 is 14.2 Å². The van der Waals surface area contributed by atoms with Crippen LogP contribution in [0.4, 0.5) is 0 Å². The second-order valence-corrected chi connectivity index (χ2v) is 17.9. The molecule has 2 N–H and O–H groups in total. The SMILES string of the molecule is C[Si]1c2ccccc2-c2c(C3NC(c4ccccc4)=NC(c4ccccc4)N3)ccc(-c3cccc4c3-c3ccccc3C43c4ccccc4Oc4ccccc43)c21. The van der Waals surface area contributed by atoms with Crippen molar-refractivity contribution in [3.63, 3.8) is 0 Å². The van der Waals surface area contributed by atoms with Crippen molar-refractivity contribution >= 4 is 25.0 Å². The fourth-order valence-corrected chi connectivity index (χ4v) is 12.8. The lowest BCUT2D eigenvalue weighted by Gasteiger charge is -2.39. The Morgan fingerprint density at radius 1 is 0.517 bits per heavy atom. The van der Waals surface area contributed by atoms with Crippen LogP contribution in [-0.2, 0) is 5.41 Å². The van der Waals surface area contributed by atoms with E-state index in [1.54, 1.807) is 0 Å². The first-order valence-corrected chi connectivity index (χ1v) is 22.1. The lowest BCUT2D eigenvalue weighted by atomic mass is 9.66. The van der Waals surface area contributed by atoms with E-state index in [0.29, 0.717) is 0 Å². The predicted molar refractivity (Wildman–Crippen MR) is 237 cm³/mol. The number of hydrogen-bond donors (Lipinski definition) is 2. The molecule has 1 aliphatic carbocycles. The molecule has 58 heavy (non-hydrogen) atoms. The molecular weight excluding hydrogens is 723 g/mol. The van der Waals surface area contributed by atoms with Gasteiger partial charge in [-0.15, -0.1) is 0 Å². The van der Waals surface area contributed by atoms with Crippen LogP contribution >= 0.6 is 0 Å². The number of amidine groups is 1. The Kier molecular flexibility index (Phi) is 7.40. The third-order valence-electron chi connectivity index (χ3n) is 12.7. The van der Waals surface area contributed by atoms with E-state index >= 15 is 0 Å². The van der Waals surface area contributed by atoms with E-state index in [1.807, 2.05) is 0 Å². The van der Waals surface area contributed by atoms with Crippen LogP contribution in [0.15, 0.2) is 193 Å². The smallest absolute Gasteiger partial charge is 0.132 e. The molecule has 5 heteroatoms. The summed E-state index contributed by atoms with van der Waals surface area (Å²) < 4.78 is 6.65. The third kappa shape index (κ3) is 4.69. The molecule has 0 aromatic heterocycles. The normalized spacial score (nSPS) is 17.8. The largest absolute Gasteiger partial charge is 0.457 e. The van der Waals surface area contributed by atoms with Gasteiger partial charge in [0.25, 0.3) is 0 Å². The molecule has 4 aliphatic rings.